The van der Waals surface area contributed by atoms with E-state index in [0.717, 1.165) is 4.31 Å². The first-order valence-corrected chi connectivity index (χ1v) is 10.6. The highest BCUT2D eigenvalue weighted by atomic mass is 35.5. The Labute approximate surface area is 179 Å². The Morgan fingerprint density at radius 1 is 0.933 bits per heavy atom. The van der Waals surface area contributed by atoms with E-state index in [4.69, 9.17) is 17.3 Å². The van der Waals surface area contributed by atoms with Crippen LogP contribution >= 0.6 is 11.6 Å². The molecule has 0 atom stereocenters. The minimum atomic E-state index is -3.83. The van der Waals surface area contributed by atoms with Crippen molar-refractivity contribution >= 4 is 44.8 Å². The number of carbonyl (C=O) groups is 2. The predicted molar refractivity (Wildman–Crippen MR) is 116 cm³/mol. The van der Waals surface area contributed by atoms with E-state index in [2.05, 4.69) is 5.32 Å². The summed E-state index contributed by atoms with van der Waals surface area (Å²) in [4.78, 5) is 24.5. The number of amides is 2. The average Bonchev–Trinajstić information content (AvgIpc) is 2.74. The lowest BCUT2D eigenvalue weighted by Crippen LogP contribution is -2.27. The first kappa shape index (κ1) is 21.4. The number of para-hydroxylation sites is 1. The third-order valence-electron chi connectivity index (χ3n) is 4.40. The Kier molecular flexibility index (Phi) is 6.09. The van der Waals surface area contributed by atoms with Crippen molar-refractivity contribution in [1.29, 1.82) is 0 Å². The van der Waals surface area contributed by atoms with Crippen LogP contribution in [0, 0.1) is 0 Å². The van der Waals surface area contributed by atoms with Crippen LogP contribution in [0.2, 0.25) is 5.02 Å². The molecule has 0 heterocycles. The number of rotatable bonds is 6. The smallest absolute Gasteiger partial charge is 0.264 e. The summed E-state index contributed by atoms with van der Waals surface area (Å²) in [5, 5.41) is 2.72. The molecule has 0 fully saturated rings. The molecule has 7 nitrogen and oxygen atoms in total. The van der Waals surface area contributed by atoms with Gasteiger partial charge in [-0.2, -0.15) is 0 Å². The van der Waals surface area contributed by atoms with Crippen molar-refractivity contribution in [2.24, 2.45) is 5.73 Å². The van der Waals surface area contributed by atoms with Gasteiger partial charge in [0.15, 0.2) is 0 Å². The topological polar surface area (TPSA) is 110 Å². The number of nitrogens with one attached hydrogen (secondary N) is 1. The molecule has 3 aromatic rings. The highest BCUT2D eigenvalue weighted by Gasteiger charge is 2.23. The summed E-state index contributed by atoms with van der Waals surface area (Å²) >= 11 is 6.18. The fourth-order valence-electron chi connectivity index (χ4n) is 2.77. The van der Waals surface area contributed by atoms with Crippen LogP contribution in [-0.2, 0) is 10.0 Å². The van der Waals surface area contributed by atoms with E-state index in [-0.39, 0.29) is 32.4 Å². The molecule has 0 aliphatic rings. The van der Waals surface area contributed by atoms with Gasteiger partial charge in [0.05, 0.1) is 32.4 Å². The first-order valence-electron chi connectivity index (χ1n) is 8.75. The van der Waals surface area contributed by atoms with Crippen LogP contribution in [0.25, 0.3) is 0 Å². The number of halogens is 1. The van der Waals surface area contributed by atoms with Crippen LogP contribution in [0.1, 0.15) is 20.7 Å². The number of carbonyl (C=O) groups excluding carboxylic acids is 2. The van der Waals surface area contributed by atoms with Crippen LogP contribution in [0.3, 0.4) is 0 Å². The second-order valence-electron chi connectivity index (χ2n) is 6.31. The van der Waals surface area contributed by atoms with E-state index in [1.54, 1.807) is 30.3 Å². The molecule has 3 N–H and O–H groups in total. The minimum absolute atomic E-state index is 0.0450. The molecule has 0 unspecified atom stereocenters. The van der Waals surface area contributed by atoms with Crippen LogP contribution in [-0.4, -0.2) is 27.3 Å². The fourth-order valence-corrected chi connectivity index (χ4v) is 4.18. The van der Waals surface area contributed by atoms with Gasteiger partial charge in [0.2, 0.25) is 0 Å². The molecule has 0 aliphatic carbocycles. The number of anilines is 2. The van der Waals surface area contributed by atoms with Gasteiger partial charge in [0.1, 0.15) is 0 Å². The summed E-state index contributed by atoms with van der Waals surface area (Å²) in [6, 6.07) is 18.5. The number of hydrogen-bond donors (Lipinski definition) is 2. The van der Waals surface area contributed by atoms with E-state index in [1.165, 1.54) is 49.5 Å². The van der Waals surface area contributed by atoms with Crippen LogP contribution in [0.15, 0.2) is 77.7 Å². The van der Waals surface area contributed by atoms with Crippen molar-refractivity contribution in [1.82, 2.24) is 0 Å². The Hall–Kier alpha value is -3.36. The Bertz CT molecular complexity index is 1210. The third-order valence-corrected chi connectivity index (χ3v) is 6.53. The van der Waals surface area contributed by atoms with Gasteiger partial charge in [-0.1, -0.05) is 41.9 Å². The normalized spacial score (nSPS) is 11.0. The lowest BCUT2D eigenvalue weighted by molar-refractivity contribution is 0.100. The van der Waals surface area contributed by atoms with Gasteiger partial charge >= 0.3 is 0 Å². The Morgan fingerprint density at radius 2 is 1.57 bits per heavy atom. The van der Waals surface area contributed by atoms with Crippen molar-refractivity contribution in [2.75, 3.05) is 16.7 Å². The van der Waals surface area contributed by atoms with Crippen molar-refractivity contribution < 1.29 is 18.0 Å². The number of benzene rings is 3. The molecule has 0 saturated heterocycles. The van der Waals surface area contributed by atoms with Gasteiger partial charge in [0, 0.05) is 7.05 Å². The van der Waals surface area contributed by atoms with Crippen LogP contribution in [0.4, 0.5) is 11.4 Å². The summed E-state index contributed by atoms with van der Waals surface area (Å²) in [6.45, 7) is 0. The van der Waals surface area contributed by atoms with Crippen LogP contribution in [0.5, 0.6) is 0 Å². The molecular formula is C21H18ClN3O4S. The lowest BCUT2D eigenvalue weighted by Gasteiger charge is -2.20. The average molecular weight is 444 g/mol. The second-order valence-corrected chi connectivity index (χ2v) is 8.69. The minimum Gasteiger partial charge on any atom is -0.366 e. The second kappa shape index (κ2) is 8.56. The first-order chi connectivity index (χ1) is 14.2. The SMILES string of the molecule is CN(c1ccc(Cl)c(C(=O)Nc2ccccc2C(N)=O)c1)S(=O)(=O)c1ccccc1. The molecule has 0 bridgehead atoms. The Balaban J connectivity index is 1.94. The Morgan fingerprint density at radius 3 is 2.23 bits per heavy atom. The monoisotopic (exact) mass is 443 g/mol. The van der Waals surface area contributed by atoms with Crippen molar-refractivity contribution in [3.8, 4) is 0 Å². The predicted octanol–water partition coefficient (Wildman–Crippen LogP) is 3.52. The molecule has 0 saturated carbocycles. The molecule has 3 rings (SSSR count). The summed E-state index contributed by atoms with van der Waals surface area (Å²) in [5.41, 5.74) is 5.99. The van der Waals surface area contributed by atoms with E-state index in [0.29, 0.717) is 0 Å². The zero-order chi connectivity index (χ0) is 21.9. The summed E-state index contributed by atoms with van der Waals surface area (Å²) < 4.78 is 26.8. The standard InChI is InChI=1S/C21H18ClN3O4S/c1-25(30(28,29)15-7-3-2-4-8-15)14-11-12-18(22)17(13-14)21(27)24-19-10-6-5-9-16(19)20(23)26/h2-13H,1H3,(H2,23,26)(H,24,27). The molecule has 3 aromatic carbocycles. The van der Waals surface area contributed by atoms with Gasteiger partial charge in [-0.25, -0.2) is 8.42 Å². The summed E-state index contributed by atoms with van der Waals surface area (Å²) in [7, 11) is -2.44. The molecule has 9 heteroatoms. The quantitative estimate of drug-likeness (QED) is 0.607. The highest BCUT2D eigenvalue weighted by Crippen LogP contribution is 2.27. The molecular weight excluding hydrogens is 426 g/mol. The van der Waals surface area contributed by atoms with Gasteiger partial charge in [0.25, 0.3) is 21.8 Å². The number of nitrogens with two attached hydrogens (primary N) is 1. The number of primary amides is 1. The number of sulfonamides is 1. The number of nitrogens with zero attached hydrogens (tertiary/aromatic N) is 1. The van der Waals surface area contributed by atoms with Gasteiger partial charge in [-0.05, 0) is 42.5 Å². The third kappa shape index (κ3) is 4.29. The lowest BCUT2D eigenvalue weighted by atomic mass is 10.1. The van der Waals surface area contributed by atoms with Crippen LogP contribution < -0.4 is 15.4 Å². The maximum Gasteiger partial charge on any atom is 0.264 e. The molecule has 0 aliphatic heterocycles. The summed E-state index contributed by atoms with van der Waals surface area (Å²) in [6.07, 6.45) is 0. The maximum absolute atomic E-state index is 12.9. The fraction of sp³-hybridized carbons (Fsp3) is 0.0476. The van der Waals surface area contributed by atoms with E-state index >= 15 is 0 Å². The molecule has 0 aromatic heterocycles. The van der Waals surface area contributed by atoms with E-state index in [9.17, 15) is 18.0 Å². The molecule has 0 spiro atoms. The molecule has 30 heavy (non-hydrogen) atoms. The maximum atomic E-state index is 12.9. The van der Waals surface area contributed by atoms with Crippen molar-refractivity contribution in [2.45, 2.75) is 4.90 Å². The van der Waals surface area contributed by atoms with E-state index < -0.39 is 21.8 Å². The zero-order valence-corrected chi connectivity index (χ0v) is 17.4. The van der Waals surface area contributed by atoms with Gasteiger partial charge in [-0.3, -0.25) is 13.9 Å². The van der Waals surface area contributed by atoms with Crippen molar-refractivity contribution in [3.05, 3.63) is 88.9 Å². The highest BCUT2D eigenvalue weighted by molar-refractivity contribution is 7.92. The van der Waals surface area contributed by atoms with E-state index in [1.807, 2.05) is 0 Å². The largest absolute Gasteiger partial charge is 0.366 e. The van der Waals surface area contributed by atoms with Gasteiger partial charge in [-0.15, -0.1) is 0 Å². The molecule has 154 valence electrons. The van der Waals surface area contributed by atoms with Gasteiger partial charge < -0.3 is 11.1 Å². The zero-order valence-electron chi connectivity index (χ0n) is 15.9. The molecule has 0 radical (unpaired) electrons. The summed E-state index contributed by atoms with van der Waals surface area (Å²) in [5.74, 6) is -1.31. The molecule has 2 amide bonds. The van der Waals surface area contributed by atoms with Crippen molar-refractivity contribution in [3.63, 3.8) is 0 Å². The number of hydrogen-bond acceptors (Lipinski definition) is 4.